The van der Waals surface area contributed by atoms with Gasteiger partial charge >= 0.3 is 0 Å². The number of allylic oxidation sites excluding steroid dienone is 2. The summed E-state index contributed by atoms with van der Waals surface area (Å²) in [5, 5.41) is 2.23. The van der Waals surface area contributed by atoms with Gasteiger partial charge in [0.15, 0.2) is 11.7 Å². The van der Waals surface area contributed by atoms with Crippen LogP contribution in [0.2, 0.25) is 0 Å². The minimum absolute atomic E-state index is 0.121. The number of Topliss-reactive ketones (excluding diaryl/α,β-unsaturated/α-hetero) is 1. The Bertz CT molecular complexity index is 769. The van der Waals surface area contributed by atoms with Crippen molar-refractivity contribution >= 4 is 16.6 Å². The quantitative estimate of drug-likeness (QED) is 0.859. The van der Waals surface area contributed by atoms with E-state index in [9.17, 15) is 4.79 Å². The topological polar surface area (TPSA) is 29.5 Å². The molecule has 0 fully saturated rings. The lowest BCUT2D eigenvalue weighted by molar-refractivity contribution is -0.113. The van der Waals surface area contributed by atoms with E-state index in [2.05, 4.69) is 18.2 Å². The second kappa shape index (κ2) is 6.06. The highest BCUT2D eigenvalue weighted by Gasteiger charge is 2.14. The summed E-state index contributed by atoms with van der Waals surface area (Å²) in [6, 6.07) is 14.2. The standard InChI is InChI=1S/C19H19NO2/c1-14(21)15-10-11-19(20(2)13-12-15)22-18-9-5-7-16-6-3-4-8-17(16)18/h3-11H,12-13H2,1-2H3. The second-order valence-electron chi connectivity index (χ2n) is 5.50. The Morgan fingerprint density at radius 2 is 1.86 bits per heavy atom. The van der Waals surface area contributed by atoms with Gasteiger partial charge in [-0.1, -0.05) is 42.5 Å². The number of rotatable bonds is 3. The van der Waals surface area contributed by atoms with Crippen molar-refractivity contribution in [1.82, 2.24) is 4.90 Å². The fourth-order valence-corrected chi connectivity index (χ4v) is 2.58. The van der Waals surface area contributed by atoms with E-state index in [1.54, 1.807) is 6.92 Å². The molecular weight excluding hydrogens is 274 g/mol. The molecule has 22 heavy (non-hydrogen) atoms. The first-order valence-corrected chi connectivity index (χ1v) is 7.44. The molecule has 0 aliphatic carbocycles. The Kier molecular flexibility index (Phi) is 3.96. The molecule has 2 aromatic rings. The van der Waals surface area contributed by atoms with Gasteiger partial charge in [0, 0.05) is 19.0 Å². The molecule has 0 unspecified atom stereocenters. The Hall–Kier alpha value is -2.55. The number of carbonyl (C=O) groups excluding carboxylic acids is 1. The molecule has 112 valence electrons. The molecule has 0 radical (unpaired) electrons. The zero-order valence-corrected chi connectivity index (χ0v) is 12.9. The number of carbonyl (C=O) groups is 1. The molecule has 2 aromatic carbocycles. The Balaban J connectivity index is 1.95. The lowest BCUT2D eigenvalue weighted by atomic mass is 10.1. The summed E-state index contributed by atoms with van der Waals surface area (Å²) in [5.41, 5.74) is 0.836. The Morgan fingerprint density at radius 1 is 1.09 bits per heavy atom. The molecule has 0 aromatic heterocycles. The van der Waals surface area contributed by atoms with Crippen molar-refractivity contribution in [3.05, 3.63) is 66.1 Å². The minimum Gasteiger partial charge on any atom is -0.441 e. The Labute approximate surface area is 130 Å². The maximum Gasteiger partial charge on any atom is 0.195 e. The summed E-state index contributed by atoms with van der Waals surface area (Å²) < 4.78 is 6.12. The van der Waals surface area contributed by atoms with Crippen molar-refractivity contribution in [2.75, 3.05) is 13.6 Å². The molecule has 0 bridgehead atoms. The zero-order valence-electron chi connectivity index (χ0n) is 12.9. The van der Waals surface area contributed by atoms with E-state index in [-0.39, 0.29) is 5.78 Å². The molecular formula is C19H19NO2. The van der Waals surface area contributed by atoms with Gasteiger partial charge in [-0.3, -0.25) is 4.79 Å². The van der Waals surface area contributed by atoms with Crippen molar-refractivity contribution in [3.63, 3.8) is 0 Å². The molecule has 0 saturated heterocycles. The molecule has 0 N–H and O–H groups in total. The van der Waals surface area contributed by atoms with Crippen LogP contribution in [0.3, 0.4) is 0 Å². The monoisotopic (exact) mass is 293 g/mol. The van der Waals surface area contributed by atoms with Gasteiger partial charge in [0.1, 0.15) is 5.75 Å². The average molecular weight is 293 g/mol. The van der Waals surface area contributed by atoms with Crippen LogP contribution in [0, 0.1) is 0 Å². The smallest absolute Gasteiger partial charge is 0.195 e. The number of hydrogen-bond donors (Lipinski definition) is 0. The molecule has 0 amide bonds. The number of fused-ring (bicyclic) bond motifs is 1. The number of nitrogens with zero attached hydrogens (tertiary/aromatic N) is 1. The van der Waals surface area contributed by atoms with E-state index < -0.39 is 0 Å². The SMILES string of the molecule is CC(=O)C1=CC=C(Oc2cccc3ccccc23)N(C)CC1. The van der Waals surface area contributed by atoms with Gasteiger partial charge < -0.3 is 9.64 Å². The summed E-state index contributed by atoms with van der Waals surface area (Å²) >= 11 is 0. The summed E-state index contributed by atoms with van der Waals surface area (Å²) in [5.74, 6) is 1.71. The van der Waals surface area contributed by atoms with Crippen LogP contribution in [0.1, 0.15) is 13.3 Å². The molecule has 3 rings (SSSR count). The third-order valence-corrected chi connectivity index (χ3v) is 3.94. The first-order valence-electron chi connectivity index (χ1n) is 7.44. The van der Waals surface area contributed by atoms with Crippen molar-refractivity contribution in [2.24, 2.45) is 0 Å². The number of hydrogen-bond acceptors (Lipinski definition) is 3. The van der Waals surface area contributed by atoms with Gasteiger partial charge in [0.25, 0.3) is 0 Å². The van der Waals surface area contributed by atoms with Gasteiger partial charge in [-0.05, 0) is 36.4 Å². The molecule has 0 atom stereocenters. The maximum atomic E-state index is 11.5. The molecule has 0 spiro atoms. The van der Waals surface area contributed by atoms with Gasteiger partial charge in [-0.25, -0.2) is 0 Å². The molecule has 1 aliphatic rings. The molecule has 3 nitrogen and oxygen atoms in total. The van der Waals surface area contributed by atoms with E-state index in [1.807, 2.05) is 48.4 Å². The lowest BCUT2D eigenvalue weighted by Gasteiger charge is -2.21. The van der Waals surface area contributed by atoms with Gasteiger partial charge in [0.2, 0.25) is 0 Å². The van der Waals surface area contributed by atoms with E-state index >= 15 is 0 Å². The third-order valence-electron chi connectivity index (χ3n) is 3.94. The summed E-state index contributed by atoms with van der Waals surface area (Å²) in [6.07, 6.45) is 4.49. The van der Waals surface area contributed by atoms with Crippen molar-refractivity contribution in [2.45, 2.75) is 13.3 Å². The fourth-order valence-electron chi connectivity index (χ4n) is 2.58. The van der Waals surface area contributed by atoms with Gasteiger partial charge in [-0.15, -0.1) is 0 Å². The van der Waals surface area contributed by atoms with Crippen molar-refractivity contribution in [1.29, 1.82) is 0 Å². The van der Waals surface area contributed by atoms with Crippen LogP contribution in [0.15, 0.2) is 66.1 Å². The van der Waals surface area contributed by atoms with Crippen molar-refractivity contribution < 1.29 is 9.53 Å². The summed E-state index contributed by atoms with van der Waals surface area (Å²) in [6.45, 7) is 2.37. The number of ketones is 1. The van der Waals surface area contributed by atoms with Crippen molar-refractivity contribution in [3.8, 4) is 5.75 Å². The van der Waals surface area contributed by atoms with E-state index in [4.69, 9.17) is 4.74 Å². The first-order chi connectivity index (χ1) is 10.6. The van der Waals surface area contributed by atoms with Crippen LogP contribution >= 0.6 is 0 Å². The van der Waals surface area contributed by atoms with Gasteiger partial charge in [-0.2, -0.15) is 0 Å². The summed E-state index contributed by atoms with van der Waals surface area (Å²) in [7, 11) is 1.98. The highest BCUT2D eigenvalue weighted by Crippen LogP contribution is 2.28. The zero-order chi connectivity index (χ0) is 15.5. The Morgan fingerprint density at radius 3 is 2.68 bits per heavy atom. The normalized spacial score (nSPS) is 15.1. The highest BCUT2D eigenvalue weighted by atomic mass is 16.5. The van der Waals surface area contributed by atoms with E-state index in [0.717, 1.165) is 40.9 Å². The number of benzene rings is 2. The number of ether oxygens (including phenoxy) is 1. The summed E-state index contributed by atoms with van der Waals surface area (Å²) in [4.78, 5) is 13.6. The van der Waals surface area contributed by atoms with E-state index in [0.29, 0.717) is 0 Å². The molecule has 1 aliphatic heterocycles. The van der Waals surface area contributed by atoms with E-state index in [1.165, 1.54) is 0 Å². The van der Waals surface area contributed by atoms with Crippen LogP contribution in [0.5, 0.6) is 5.75 Å². The van der Waals surface area contributed by atoms with Crippen LogP contribution in [0.25, 0.3) is 10.8 Å². The lowest BCUT2D eigenvalue weighted by Crippen LogP contribution is -2.22. The van der Waals surface area contributed by atoms with Crippen LogP contribution in [0.4, 0.5) is 0 Å². The first kappa shape index (κ1) is 14.4. The van der Waals surface area contributed by atoms with Crippen LogP contribution in [-0.2, 0) is 4.79 Å². The predicted molar refractivity (Wildman–Crippen MR) is 88.7 cm³/mol. The highest BCUT2D eigenvalue weighted by molar-refractivity contribution is 5.93. The fraction of sp³-hybridized carbons (Fsp3) is 0.211. The van der Waals surface area contributed by atoms with Crippen LogP contribution < -0.4 is 4.74 Å². The third kappa shape index (κ3) is 2.89. The van der Waals surface area contributed by atoms with Gasteiger partial charge in [0.05, 0.1) is 0 Å². The largest absolute Gasteiger partial charge is 0.441 e. The average Bonchev–Trinajstić information content (AvgIpc) is 2.70. The van der Waals surface area contributed by atoms with Crippen LogP contribution in [-0.4, -0.2) is 24.3 Å². The maximum absolute atomic E-state index is 11.5. The molecule has 3 heteroatoms. The predicted octanol–water partition coefficient (Wildman–Crippen LogP) is 3.91. The molecule has 0 saturated carbocycles. The second-order valence-corrected chi connectivity index (χ2v) is 5.50. The molecule has 1 heterocycles. The minimum atomic E-state index is 0.121.